The first-order valence-corrected chi connectivity index (χ1v) is 20.6. The van der Waals surface area contributed by atoms with E-state index >= 15 is 0 Å². The Morgan fingerprint density at radius 2 is 1.45 bits per heavy atom. The van der Waals surface area contributed by atoms with Gasteiger partial charge in [0.25, 0.3) is 0 Å². The van der Waals surface area contributed by atoms with E-state index in [1.54, 1.807) is 19.2 Å². The van der Waals surface area contributed by atoms with Crippen molar-refractivity contribution in [1.29, 1.82) is 0 Å². The molecule has 60 heavy (non-hydrogen) atoms. The van der Waals surface area contributed by atoms with E-state index in [2.05, 4.69) is 0 Å². The lowest BCUT2D eigenvalue weighted by Crippen LogP contribution is -2.30. The number of unbranched alkanes of at least 4 members (excludes halogenated alkanes) is 4. The van der Waals surface area contributed by atoms with Gasteiger partial charge in [0.1, 0.15) is 49.2 Å². The van der Waals surface area contributed by atoms with Gasteiger partial charge in [0.05, 0.1) is 20.1 Å². The van der Waals surface area contributed by atoms with Crippen LogP contribution in [0, 0.1) is 18.8 Å². The number of fused-ring (bicyclic) bond motifs is 1. The van der Waals surface area contributed by atoms with Crippen molar-refractivity contribution in [3.8, 4) is 17.2 Å². The summed E-state index contributed by atoms with van der Waals surface area (Å²) in [6, 6.07) is 7.06. The standard InChI is InChI=1S/C46H62O14/c1-29(17-23-40(49)53-7)16-22-38-43(54-8)32(4)39-28-58-46(52)42(39)44(38)57-25-35-18-20-36(21-19-35)60-45(51)31(3)15-13-11-9-10-12-14-30(2)24-41(50)59-37(26-55-33(5)47)27-56-34(6)48/h16,18-21,30-31,37H,9-15,17,22-28H2,1-8H3/b29-16+. The van der Waals surface area contributed by atoms with Gasteiger partial charge in [-0.05, 0) is 62.3 Å². The highest BCUT2D eigenvalue weighted by atomic mass is 16.6. The van der Waals surface area contributed by atoms with Crippen molar-refractivity contribution in [1.82, 2.24) is 0 Å². The summed E-state index contributed by atoms with van der Waals surface area (Å²) in [4.78, 5) is 72.2. The lowest BCUT2D eigenvalue weighted by Gasteiger charge is -2.20. The number of ether oxygens (including phenoxy) is 8. The van der Waals surface area contributed by atoms with Gasteiger partial charge in [0, 0.05) is 37.8 Å². The van der Waals surface area contributed by atoms with Crippen LogP contribution in [-0.4, -0.2) is 69.4 Å². The number of rotatable bonds is 26. The number of benzene rings is 2. The summed E-state index contributed by atoms with van der Waals surface area (Å²) in [6.07, 6.45) is 8.89. The Kier molecular flexibility index (Phi) is 20.6. The molecule has 1 heterocycles. The van der Waals surface area contributed by atoms with Crippen molar-refractivity contribution < 1.29 is 66.7 Å². The number of cyclic esters (lactones) is 1. The molecule has 0 saturated carbocycles. The largest absolute Gasteiger partial charge is 0.496 e. The molecule has 0 bridgehead atoms. The monoisotopic (exact) mass is 838 g/mol. The zero-order valence-electron chi connectivity index (χ0n) is 36.4. The smallest absolute Gasteiger partial charge is 0.342 e. The van der Waals surface area contributed by atoms with Gasteiger partial charge in [-0.3, -0.25) is 24.0 Å². The van der Waals surface area contributed by atoms with Crippen molar-refractivity contribution in [2.75, 3.05) is 27.4 Å². The quantitative estimate of drug-likeness (QED) is 0.0292. The van der Waals surface area contributed by atoms with Crippen LogP contribution in [0.15, 0.2) is 35.9 Å². The van der Waals surface area contributed by atoms with Crippen molar-refractivity contribution in [3.05, 3.63) is 63.7 Å². The third-order valence-electron chi connectivity index (χ3n) is 10.3. The molecule has 0 aromatic heterocycles. The predicted octanol–water partition coefficient (Wildman–Crippen LogP) is 8.03. The van der Waals surface area contributed by atoms with Crippen LogP contribution < -0.4 is 14.2 Å². The Hall–Kier alpha value is -5.40. The molecule has 14 nitrogen and oxygen atoms in total. The van der Waals surface area contributed by atoms with Gasteiger partial charge in [-0.2, -0.15) is 0 Å². The molecule has 0 radical (unpaired) electrons. The normalized spacial score (nSPS) is 13.2. The molecule has 0 fully saturated rings. The molecular weight excluding hydrogens is 776 g/mol. The first kappa shape index (κ1) is 49.0. The van der Waals surface area contributed by atoms with Crippen molar-refractivity contribution >= 4 is 35.8 Å². The minimum absolute atomic E-state index is 0.0952. The topological polar surface area (TPSA) is 176 Å². The van der Waals surface area contributed by atoms with Crippen LogP contribution in [0.25, 0.3) is 0 Å². The lowest BCUT2D eigenvalue weighted by atomic mass is 9.94. The van der Waals surface area contributed by atoms with Gasteiger partial charge in [0.15, 0.2) is 6.10 Å². The van der Waals surface area contributed by atoms with Gasteiger partial charge < -0.3 is 37.9 Å². The van der Waals surface area contributed by atoms with Crippen LogP contribution in [0.2, 0.25) is 0 Å². The number of hydrogen-bond acceptors (Lipinski definition) is 14. The second kappa shape index (κ2) is 25.3. The summed E-state index contributed by atoms with van der Waals surface area (Å²) in [7, 11) is 2.94. The molecule has 0 amide bonds. The van der Waals surface area contributed by atoms with Gasteiger partial charge in [-0.15, -0.1) is 0 Å². The summed E-state index contributed by atoms with van der Waals surface area (Å²) >= 11 is 0. The molecule has 1 aliphatic heterocycles. The van der Waals surface area contributed by atoms with Gasteiger partial charge in [0.2, 0.25) is 0 Å². The lowest BCUT2D eigenvalue weighted by molar-refractivity contribution is -0.166. The number of hydrogen-bond donors (Lipinski definition) is 0. The fraction of sp³-hybridized carbons (Fsp3) is 0.565. The number of allylic oxidation sites excluding steroid dienone is 2. The van der Waals surface area contributed by atoms with E-state index in [-0.39, 0.29) is 63.0 Å². The number of carbonyl (C=O) groups excluding carboxylic acids is 6. The second-order valence-electron chi connectivity index (χ2n) is 15.4. The fourth-order valence-electron chi connectivity index (χ4n) is 6.72. The van der Waals surface area contributed by atoms with Crippen molar-refractivity contribution in [2.45, 2.75) is 131 Å². The molecule has 2 aromatic carbocycles. The molecule has 0 aliphatic carbocycles. The van der Waals surface area contributed by atoms with E-state index in [1.807, 2.05) is 45.9 Å². The molecule has 0 saturated heterocycles. The third kappa shape index (κ3) is 16.3. The molecule has 0 N–H and O–H groups in total. The Labute approximate surface area is 353 Å². The molecule has 330 valence electrons. The van der Waals surface area contributed by atoms with Crippen LogP contribution in [0.5, 0.6) is 17.2 Å². The average molecular weight is 839 g/mol. The maximum atomic E-state index is 12.9. The van der Waals surface area contributed by atoms with Gasteiger partial charge in [-0.1, -0.05) is 76.2 Å². The highest BCUT2D eigenvalue weighted by molar-refractivity contribution is 5.98. The van der Waals surface area contributed by atoms with E-state index in [0.717, 1.165) is 60.8 Å². The van der Waals surface area contributed by atoms with E-state index in [4.69, 9.17) is 37.9 Å². The molecule has 0 spiro atoms. The zero-order valence-corrected chi connectivity index (χ0v) is 36.4. The van der Waals surface area contributed by atoms with Crippen LogP contribution in [-0.2, 0) is 67.3 Å². The highest BCUT2D eigenvalue weighted by Gasteiger charge is 2.33. The molecular formula is C46H62O14. The number of esters is 6. The van der Waals surface area contributed by atoms with Crippen LogP contribution in [0.3, 0.4) is 0 Å². The Balaban J connectivity index is 1.44. The summed E-state index contributed by atoms with van der Waals surface area (Å²) < 4.78 is 43.2. The predicted molar refractivity (Wildman–Crippen MR) is 220 cm³/mol. The molecule has 2 atom stereocenters. The first-order valence-electron chi connectivity index (χ1n) is 20.6. The highest BCUT2D eigenvalue weighted by Crippen LogP contribution is 2.43. The van der Waals surface area contributed by atoms with E-state index < -0.39 is 30.0 Å². The number of carbonyl (C=O) groups is 6. The SMILES string of the molecule is COC(=O)CC/C(C)=C/Cc1c(OC)c(C)c2c(c1OCc1ccc(OC(=O)C(C)CCCCCCCC(C)CC(=O)OC(COC(C)=O)COC(C)=O)cc1)C(=O)OC2. The fourth-order valence-corrected chi connectivity index (χ4v) is 6.72. The van der Waals surface area contributed by atoms with Crippen LogP contribution in [0.4, 0.5) is 0 Å². The van der Waals surface area contributed by atoms with E-state index in [1.165, 1.54) is 21.0 Å². The molecule has 2 unspecified atom stereocenters. The van der Waals surface area contributed by atoms with Gasteiger partial charge >= 0.3 is 35.8 Å². The molecule has 3 rings (SSSR count). The van der Waals surface area contributed by atoms with Crippen molar-refractivity contribution in [3.63, 3.8) is 0 Å². The van der Waals surface area contributed by atoms with Gasteiger partial charge in [-0.25, -0.2) is 4.79 Å². The van der Waals surface area contributed by atoms with Crippen molar-refractivity contribution in [2.24, 2.45) is 11.8 Å². The molecule has 2 aromatic rings. The third-order valence-corrected chi connectivity index (χ3v) is 10.3. The Morgan fingerprint density at radius 3 is 2.07 bits per heavy atom. The summed E-state index contributed by atoms with van der Waals surface area (Å²) in [6.45, 7) is 10.1. The van der Waals surface area contributed by atoms with Crippen LogP contribution >= 0.6 is 0 Å². The summed E-state index contributed by atoms with van der Waals surface area (Å²) in [5.41, 5.74) is 4.42. The Bertz CT molecular complexity index is 1790. The first-order chi connectivity index (χ1) is 28.6. The molecule has 1 aliphatic rings. The Morgan fingerprint density at radius 1 is 0.817 bits per heavy atom. The molecule has 14 heteroatoms. The second-order valence-corrected chi connectivity index (χ2v) is 15.4. The summed E-state index contributed by atoms with van der Waals surface area (Å²) in [5.74, 6) is -1.27. The van der Waals surface area contributed by atoms with E-state index in [0.29, 0.717) is 47.6 Å². The van der Waals surface area contributed by atoms with E-state index in [9.17, 15) is 28.8 Å². The average Bonchev–Trinajstić information content (AvgIpc) is 3.60. The zero-order chi connectivity index (χ0) is 44.2. The number of methoxy groups -OCH3 is 2. The maximum absolute atomic E-state index is 12.9. The maximum Gasteiger partial charge on any atom is 0.342 e. The summed E-state index contributed by atoms with van der Waals surface area (Å²) in [5, 5.41) is 0. The minimum atomic E-state index is -0.850. The minimum Gasteiger partial charge on any atom is -0.496 e. The van der Waals surface area contributed by atoms with Crippen LogP contribution in [0.1, 0.15) is 131 Å².